The molecule has 0 N–H and O–H groups in total. The van der Waals surface area contributed by atoms with Gasteiger partial charge >= 0.3 is 0 Å². The number of para-hydroxylation sites is 1. The van der Waals surface area contributed by atoms with Crippen molar-refractivity contribution < 1.29 is 8.42 Å². The van der Waals surface area contributed by atoms with Crippen LogP contribution in [0.2, 0.25) is 0 Å². The first-order valence-corrected chi connectivity index (χ1v) is 9.60. The lowest BCUT2D eigenvalue weighted by Gasteiger charge is -2.35. The van der Waals surface area contributed by atoms with E-state index in [2.05, 4.69) is 8.75 Å². The molecule has 0 aliphatic carbocycles. The van der Waals surface area contributed by atoms with Crippen LogP contribution in [0, 0.1) is 0 Å². The van der Waals surface area contributed by atoms with Crippen molar-refractivity contribution in [1.82, 2.24) is 8.75 Å². The molecule has 7 heteroatoms. The first-order chi connectivity index (χ1) is 11.1. The van der Waals surface area contributed by atoms with Gasteiger partial charge in [0.1, 0.15) is 15.9 Å². The molecule has 0 unspecified atom stereocenters. The highest BCUT2D eigenvalue weighted by molar-refractivity contribution is 7.93. The van der Waals surface area contributed by atoms with Crippen molar-refractivity contribution in [1.29, 1.82) is 0 Å². The van der Waals surface area contributed by atoms with Gasteiger partial charge in [0.05, 0.1) is 17.4 Å². The van der Waals surface area contributed by atoms with Crippen LogP contribution in [0.1, 0.15) is 18.9 Å². The van der Waals surface area contributed by atoms with E-state index in [1.54, 1.807) is 22.5 Å². The van der Waals surface area contributed by atoms with Crippen LogP contribution in [0.15, 0.2) is 47.4 Å². The lowest BCUT2D eigenvalue weighted by molar-refractivity contribution is 0.564. The topological polar surface area (TPSA) is 63.2 Å². The molecule has 0 fully saturated rings. The molecule has 0 spiro atoms. The van der Waals surface area contributed by atoms with Crippen LogP contribution in [0.25, 0.3) is 11.0 Å². The summed E-state index contributed by atoms with van der Waals surface area (Å²) in [5.74, 6) is 0. The lowest BCUT2D eigenvalue weighted by Crippen LogP contribution is -2.42. The summed E-state index contributed by atoms with van der Waals surface area (Å²) in [6.45, 7) is 1.95. The number of rotatable bonds is 2. The minimum absolute atomic E-state index is 0.0863. The molecule has 0 radical (unpaired) electrons. The normalized spacial score (nSPS) is 18.1. The zero-order chi connectivity index (χ0) is 16.0. The minimum atomic E-state index is -3.68. The second-order valence-corrected chi connectivity index (χ2v) is 8.02. The number of nitrogens with zero attached hydrogens (tertiary/aromatic N) is 3. The summed E-state index contributed by atoms with van der Waals surface area (Å²) in [6, 6.07) is 12.7. The fourth-order valence-corrected chi connectivity index (χ4v) is 5.60. The van der Waals surface area contributed by atoms with Crippen molar-refractivity contribution in [3.8, 4) is 0 Å². The van der Waals surface area contributed by atoms with Gasteiger partial charge in [-0.1, -0.05) is 24.3 Å². The van der Waals surface area contributed by atoms with Crippen LogP contribution >= 0.6 is 11.7 Å². The third-order valence-corrected chi connectivity index (χ3v) is 6.75. The number of fused-ring (bicyclic) bond motifs is 2. The lowest BCUT2D eigenvalue weighted by atomic mass is 9.99. The molecule has 2 heterocycles. The van der Waals surface area contributed by atoms with Gasteiger partial charge in [0, 0.05) is 6.04 Å². The third-order valence-electron chi connectivity index (χ3n) is 4.25. The number of benzene rings is 2. The molecule has 1 aromatic heterocycles. The Bertz CT molecular complexity index is 982. The fourth-order valence-electron chi connectivity index (χ4n) is 3.12. The molecule has 0 saturated carbocycles. The number of hydrogen-bond donors (Lipinski definition) is 0. The fraction of sp³-hybridized carbons (Fsp3) is 0.250. The molecule has 0 saturated heterocycles. The maximum Gasteiger partial charge on any atom is 0.266 e. The van der Waals surface area contributed by atoms with E-state index in [-0.39, 0.29) is 10.9 Å². The van der Waals surface area contributed by atoms with Gasteiger partial charge in [-0.05, 0) is 43.5 Å². The standard InChI is InChI=1S/C16H15N3O2S2/c1-11-9-10-12-5-2-3-7-14(12)19(11)23(20,21)15-8-4-6-13-16(15)18-22-17-13/h2-8,11H,9-10H2,1H3/t11-/m0/s1. The molecule has 118 valence electrons. The molecule has 1 aliphatic heterocycles. The van der Waals surface area contributed by atoms with Crippen molar-refractivity contribution in [2.75, 3.05) is 4.31 Å². The van der Waals surface area contributed by atoms with E-state index in [0.717, 1.165) is 35.8 Å². The van der Waals surface area contributed by atoms with Crippen LogP contribution in [0.5, 0.6) is 0 Å². The number of aromatic nitrogens is 2. The zero-order valence-corrected chi connectivity index (χ0v) is 14.1. The van der Waals surface area contributed by atoms with E-state index in [4.69, 9.17) is 0 Å². The summed E-state index contributed by atoms with van der Waals surface area (Å²) >= 11 is 1.03. The Hall–Kier alpha value is -1.99. The molecule has 4 rings (SSSR count). The van der Waals surface area contributed by atoms with Gasteiger partial charge in [-0.25, -0.2) is 8.42 Å². The highest BCUT2D eigenvalue weighted by Gasteiger charge is 2.35. The molecular formula is C16H15N3O2S2. The van der Waals surface area contributed by atoms with E-state index in [9.17, 15) is 8.42 Å². The van der Waals surface area contributed by atoms with Gasteiger partial charge in [0.2, 0.25) is 0 Å². The van der Waals surface area contributed by atoms with Crippen LogP contribution < -0.4 is 4.31 Å². The molecule has 3 aromatic rings. The molecule has 0 amide bonds. The second kappa shape index (κ2) is 5.28. The van der Waals surface area contributed by atoms with Gasteiger partial charge in [-0.3, -0.25) is 4.31 Å². The van der Waals surface area contributed by atoms with Gasteiger partial charge in [-0.15, -0.1) is 0 Å². The van der Waals surface area contributed by atoms with Crippen molar-refractivity contribution in [3.63, 3.8) is 0 Å². The minimum Gasteiger partial charge on any atom is -0.263 e. The number of aryl methyl sites for hydroxylation is 1. The van der Waals surface area contributed by atoms with Gasteiger partial charge in [0.15, 0.2) is 0 Å². The summed E-state index contributed by atoms with van der Waals surface area (Å²) in [5.41, 5.74) is 2.91. The Morgan fingerprint density at radius 1 is 1.13 bits per heavy atom. The largest absolute Gasteiger partial charge is 0.266 e. The highest BCUT2D eigenvalue weighted by atomic mass is 32.2. The van der Waals surface area contributed by atoms with Crippen LogP contribution in [0.4, 0.5) is 5.69 Å². The molecule has 1 aliphatic rings. The van der Waals surface area contributed by atoms with Crippen LogP contribution in [-0.2, 0) is 16.4 Å². The molecule has 23 heavy (non-hydrogen) atoms. The number of anilines is 1. The summed E-state index contributed by atoms with van der Waals surface area (Å²) < 4.78 is 36.5. The monoisotopic (exact) mass is 345 g/mol. The van der Waals surface area contributed by atoms with Gasteiger partial charge < -0.3 is 0 Å². The highest BCUT2D eigenvalue weighted by Crippen LogP contribution is 2.36. The second-order valence-electron chi connectivity index (χ2n) is 5.71. The van der Waals surface area contributed by atoms with E-state index in [1.807, 2.05) is 31.2 Å². The number of hydrogen-bond acceptors (Lipinski definition) is 5. The average Bonchev–Trinajstić information content (AvgIpc) is 3.02. The van der Waals surface area contributed by atoms with Crippen molar-refractivity contribution >= 4 is 38.5 Å². The maximum atomic E-state index is 13.3. The van der Waals surface area contributed by atoms with E-state index in [0.29, 0.717) is 11.0 Å². The quantitative estimate of drug-likeness (QED) is 0.715. The summed E-state index contributed by atoms with van der Waals surface area (Å²) in [6.07, 6.45) is 1.70. The SMILES string of the molecule is C[C@H]1CCc2ccccc2N1S(=O)(=O)c1cccc2nsnc12. The summed E-state index contributed by atoms with van der Waals surface area (Å²) in [4.78, 5) is 0.229. The molecule has 2 aromatic carbocycles. The molecule has 0 bridgehead atoms. The van der Waals surface area contributed by atoms with Crippen molar-refractivity contribution in [3.05, 3.63) is 48.0 Å². The van der Waals surface area contributed by atoms with Gasteiger partial charge in [-0.2, -0.15) is 8.75 Å². The Morgan fingerprint density at radius 2 is 1.96 bits per heavy atom. The predicted octanol–water partition coefficient (Wildman–Crippen LogP) is 3.22. The van der Waals surface area contributed by atoms with Crippen LogP contribution in [-0.4, -0.2) is 23.2 Å². The molecule has 5 nitrogen and oxygen atoms in total. The Balaban J connectivity index is 1.94. The predicted molar refractivity (Wildman–Crippen MR) is 91.3 cm³/mol. The van der Waals surface area contributed by atoms with E-state index in [1.165, 1.54) is 0 Å². The third kappa shape index (κ3) is 2.22. The van der Waals surface area contributed by atoms with Gasteiger partial charge in [0.25, 0.3) is 10.0 Å². The summed E-state index contributed by atoms with van der Waals surface area (Å²) in [7, 11) is -3.68. The molecular weight excluding hydrogens is 330 g/mol. The zero-order valence-electron chi connectivity index (χ0n) is 12.5. The Morgan fingerprint density at radius 3 is 2.83 bits per heavy atom. The van der Waals surface area contributed by atoms with Crippen molar-refractivity contribution in [2.24, 2.45) is 0 Å². The number of sulfonamides is 1. The average molecular weight is 345 g/mol. The molecule has 1 atom stereocenters. The van der Waals surface area contributed by atoms with E-state index < -0.39 is 10.0 Å². The Kier molecular flexibility index (Phi) is 3.35. The first-order valence-electron chi connectivity index (χ1n) is 7.42. The smallest absolute Gasteiger partial charge is 0.263 e. The summed E-state index contributed by atoms with van der Waals surface area (Å²) in [5, 5.41) is 0. The van der Waals surface area contributed by atoms with Crippen molar-refractivity contribution in [2.45, 2.75) is 30.7 Å². The van der Waals surface area contributed by atoms with E-state index >= 15 is 0 Å². The first kappa shape index (κ1) is 14.6. The maximum absolute atomic E-state index is 13.3. The Labute approximate surface area is 139 Å². The van der Waals surface area contributed by atoms with Crippen LogP contribution in [0.3, 0.4) is 0 Å².